The lowest BCUT2D eigenvalue weighted by molar-refractivity contribution is -0.122. The minimum atomic E-state index is -4.04. The lowest BCUT2D eigenvalue weighted by Crippen LogP contribution is -2.36. The summed E-state index contributed by atoms with van der Waals surface area (Å²) in [5.74, 6) is 0.0549. The molecule has 230 valence electrons. The standard InChI is InChI=1S/C34H32BrN5O4S/c1-38-26-20-36-32-29(30(26)34(33(38)41)16-6-7-17-34)28(31(35)40(32)45(42,43)25-9-3-2-4-10-25)23-14-12-22(13-15-23)24-19-37-39(21-24)27-11-5-8-18-44-27/h2-4,9-10,12-15,19-21,27H,5-8,11,16-18H2,1H3. The predicted octanol–water partition coefficient (Wildman–Crippen LogP) is 7.05. The lowest BCUT2D eigenvalue weighted by atomic mass is 9.78. The van der Waals surface area contributed by atoms with E-state index in [9.17, 15) is 13.2 Å². The summed E-state index contributed by atoms with van der Waals surface area (Å²) in [6.07, 6.45) is 12.0. The lowest BCUT2D eigenvalue weighted by Gasteiger charge is -2.22. The number of aromatic nitrogens is 4. The van der Waals surface area contributed by atoms with E-state index in [1.807, 2.05) is 41.3 Å². The summed E-state index contributed by atoms with van der Waals surface area (Å²) in [5, 5.41) is 5.28. The monoisotopic (exact) mass is 685 g/mol. The first kappa shape index (κ1) is 28.7. The van der Waals surface area contributed by atoms with Crippen LogP contribution in [0.1, 0.15) is 56.7 Å². The number of halogens is 1. The molecule has 45 heavy (non-hydrogen) atoms. The first-order chi connectivity index (χ1) is 21.8. The van der Waals surface area contributed by atoms with E-state index in [0.717, 1.165) is 79.5 Å². The van der Waals surface area contributed by atoms with E-state index in [1.165, 1.54) is 3.97 Å². The number of fused-ring (bicyclic) bond motifs is 4. The highest BCUT2D eigenvalue weighted by Gasteiger charge is 2.53. The summed E-state index contributed by atoms with van der Waals surface area (Å²) in [6, 6.07) is 16.4. The Balaban J connectivity index is 1.32. The minimum Gasteiger partial charge on any atom is -0.357 e. The molecular formula is C34H32BrN5O4S. The Morgan fingerprint density at radius 2 is 1.67 bits per heavy atom. The van der Waals surface area contributed by atoms with Gasteiger partial charge in [-0.05, 0) is 71.3 Å². The number of amides is 1. The maximum Gasteiger partial charge on any atom is 0.270 e. The molecular weight excluding hydrogens is 654 g/mol. The molecule has 1 saturated heterocycles. The molecule has 1 aliphatic carbocycles. The van der Waals surface area contributed by atoms with Crippen molar-refractivity contribution in [1.29, 1.82) is 0 Å². The molecule has 0 radical (unpaired) electrons. The Kier molecular flexibility index (Phi) is 6.78. The van der Waals surface area contributed by atoms with Gasteiger partial charge in [0.05, 0.1) is 28.4 Å². The fourth-order valence-electron chi connectivity index (χ4n) is 7.49. The van der Waals surface area contributed by atoms with Crippen LogP contribution >= 0.6 is 15.9 Å². The number of hydrogen-bond donors (Lipinski definition) is 0. The van der Waals surface area contributed by atoms with Gasteiger partial charge in [-0.2, -0.15) is 5.10 Å². The molecule has 0 N–H and O–H groups in total. The minimum absolute atomic E-state index is 0.0428. The van der Waals surface area contributed by atoms with E-state index < -0.39 is 15.4 Å². The number of pyridine rings is 1. The summed E-state index contributed by atoms with van der Waals surface area (Å²) >= 11 is 3.73. The third-order valence-corrected chi connectivity index (χ3v) is 12.4. The number of rotatable bonds is 5. The van der Waals surface area contributed by atoms with Gasteiger partial charge in [-0.3, -0.25) is 4.79 Å². The van der Waals surface area contributed by atoms with Gasteiger partial charge in [0.2, 0.25) is 5.91 Å². The quantitative estimate of drug-likeness (QED) is 0.197. The molecule has 1 atom stereocenters. The molecule has 0 bridgehead atoms. The summed E-state index contributed by atoms with van der Waals surface area (Å²) < 4.78 is 37.9. The molecule has 3 aliphatic rings. The Hall–Kier alpha value is -3.80. The van der Waals surface area contributed by atoms with Gasteiger partial charge in [0.15, 0.2) is 5.65 Å². The zero-order valence-corrected chi connectivity index (χ0v) is 27.2. The maximum absolute atomic E-state index is 14.2. The van der Waals surface area contributed by atoms with Crippen LogP contribution in [0.5, 0.6) is 0 Å². The molecule has 9 nitrogen and oxygen atoms in total. The van der Waals surface area contributed by atoms with Crippen LogP contribution in [0.15, 0.2) is 82.7 Å². The van der Waals surface area contributed by atoms with Crippen LogP contribution in [-0.2, 0) is 25.0 Å². The SMILES string of the molecule is CN1C(=O)C2(CCCC2)c2c1cnc1c2c(-c2ccc(-c3cnn(C4CCCCO4)c3)cc2)c(Br)n1S(=O)(=O)c1ccccc1. The summed E-state index contributed by atoms with van der Waals surface area (Å²) in [5.41, 5.74) is 4.74. The van der Waals surface area contributed by atoms with Gasteiger partial charge in [0.25, 0.3) is 10.0 Å². The van der Waals surface area contributed by atoms with E-state index in [0.29, 0.717) is 21.2 Å². The topological polar surface area (TPSA) is 99.3 Å². The summed E-state index contributed by atoms with van der Waals surface area (Å²) in [7, 11) is -2.24. The van der Waals surface area contributed by atoms with Crippen molar-refractivity contribution in [2.45, 2.75) is 61.5 Å². The Morgan fingerprint density at radius 1 is 0.933 bits per heavy atom. The third kappa shape index (κ3) is 4.27. The molecule has 1 unspecified atom stereocenters. The van der Waals surface area contributed by atoms with Crippen molar-refractivity contribution in [3.05, 3.63) is 83.4 Å². The Morgan fingerprint density at radius 3 is 2.38 bits per heavy atom. The largest absolute Gasteiger partial charge is 0.357 e. The first-order valence-electron chi connectivity index (χ1n) is 15.4. The molecule has 5 heterocycles. The number of ether oxygens (including phenoxy) is 1. The van der Waals surface area contributed by atoms with Crippen LogP contribution in [0.3, 0.4) is 0 Å². The fraction of sp³-hybridized carbons (Fsp3) is 0.324. The molecule has 8 rings (SSSR count). The normalized spacial score (nSPS) is 19.6. The van der Waals surface area contributed by atoms with Gasteiger partial charge in [0.1, 0.15) is 10.8 Å². The fourth-order valence-corrected chi connectivity index (χ4v) is 10.0. The van der Waals surface area contributed by atoms with Crippen LogP contribution in [0.4, 0.5) is 5.69 Å². The number of carbonyl (C=O) groups is 1. The molecule has 2 aromatic carbocycles. The molecule has 1 amide bonds. The Bertz CT molecular complexity index is 2060. The van der Waals surface area contributed by atoms with Crippen LogP contribution in [0, 0.1) is 0 Å². The highest BCUT2D eigenvalue weighted by Crippen LogP contribution is 2.56. The molecule has 2 aliphatic heterocycles. The van der Waals surface area contributed by atoms with E-state index in [-0.39, 0.29) is 17.0 Å². The van der Waals surface area contributed by atoms with Gasteiger partial charge in [-0.15, -0.1) is 0 Å². The zero-order chi connectivity index (χ0) is 30.9. The van der Waals surface area contributed by atoms with E-state index in [4.69, 9.17) is 9.72 Å². The van der Waals surface area contributed by atoms with Crippen molar-refractivity contribution < 1.29 is 17.9 Å². The zero-order valence-electron chi connectivity index (χ0n) is 24.8. The number of anilines is 1. The highest BCUT2D eigenvalue weighted by atomic mass is 79.9. The van der Waals surface area contributed by atoms with Gasteiger partial charge in [-0.1, -0.05) is 55.3 Å². The predicted molar refractivity (Wildman–Crippen MR) is 176 cm³/mol. The molecule has 3 aromatic heterocycles. The number of carbonyl (C=O) groups excluding carboxylic acids is 1. The van der Waals surface area contributed by atoms with E-state index in [2.05, 4.69) is 21.0 Å². The second kappa shape index (κ2) is 10.6. The first-order valence-corrected chi connectivity index (χ1v) is 17.6. The molecule has 1 saturated carbocycles. The van der Waals surface area contributed by atoms with E-state index >= 15 is 0 Å². The second-order valence-electron chi connectivity index (χ2n) is 12.2. The van der Waals surface area contributed by atoms with Crippen LogP contribution in [0.25, 0.3) is 33.3 Å². The smallest absolute Gasteiger partial charge is 0.270 e. The third-order valence-electron chi connectivity index (χ3n) is 9.72. The number of benzene rings is 2. The molecule has 2 fully saturated rings. The molecule has 5 aromatic rings. The van der Waals surface area contributed by atoms with Gasteiger partial charge >= 0.3 is 0 Å². The maximum atomic E-state index is 14.2. The number of hydrogen-bond acceptors (Lipinski definition) is 6. The molecule has 11 heteroatoms. The van der Waals surface area contributed by atoms with Crippen molar-refractivity contribution in [2.24, 2.45) is 0 Å². The Labute approximate surface area is 270 Å². The van der Waals surface area contributed by atoms with Crippen molar-refractivity contribution in [3.8, 4) is 22.3 Å². The van der Waals surface area contributed by atoms with Gasteiger partial charge in [0, 0.05) is 41.9 Å². The number of likely N-dealkylation sites (N-methyl/N-ethyl adjacent to an activating group) is 1. The van der Waals surface area contributed by atoms with Crippen molar-refractivity contribution in [1.82, 2.24) is 18.7 Å². The van der Waals surface area contributed by atoms with Gasteiger partial charge < -0.3 is 9.64 Å². The van der Waals surface area contributed by atoms with E-state index in [1.54, 1.807) is 48.5 Å². The highest BCUT2D eigenvalue weighted by molar-refractivity contribution is 9.10. The van der Waals surface area contributed by atoms with Crippen molar-refractivity contribution in [3.63, 3.8) is 0 Å². The van der Waals surface area contributed by atoms with Crippen molar-refractivity contribution >= 4 is 48.6 Å². The average Bonchev–Trinajstić information content (AvgIpc) is 3.86. The summed E-state index contributed by atoms with van der Waals surface area (Å²) in [6.45, 7) is 0.748. The molecule has 1 spiro atoms. The second-order valence-corrected chi connectivity index (χ2v) is 14.8. The summed E-state index contributed by atoms with van der Waals surface area (Å²) in [4.78, 5) is 20.5. The van der Waals surface area contributed by atoms with Crippen LogP contribution in [-0.4, -0.2) is 46.7 Å². The average molecular weight is 687 g/mol. The van der Waals surface area contributed by atoms with Crippen molar-refractivity contribution in [2.75, 3.05) is 18.6 Å². The van der Waals surface area contributed by atoms with Crippen LogP contribution in [0.2, 0.25) is 0 Å². The van der Waals surface area contributed by atoms with Crippen LogP contribution < -0.4 is 4.90 Å². The van der Waals surface area contributed by atoms with Gasteiger partial charge in [-0.25, -0.2) is 22.1 Å². The number of nitrogens with zero attached hydrogens (tertiary/aromatic N) is 5.